The second-order valence-electron chi connectivity index (χ2n) is 4.59. The first kappa shape index (κ1) is 15.1. The van der Waals surface area contributed by atoms with E-state index in [1.54, 1.807) is 23.1 Å². The lowest BCUT2D eigenvalue weighted by atomic mass is 10.1. The van der Waals surface area contributed by atoms with Crippen LogP contribution in [-0.2, 0) is 4.79 Å². The highest BCUT2D eigenvalue weighted by molar-refractivity contribution is 8.02. The van der Waals surface area contributed by atoms with Crippen LogP contribution in [0.3, 0.4) is 0 Å². The predicted molar refractivity (Wildman–Crippen MR) is 87.3 cm³/mol. The number of thioether (sulfide) groups is 1. The summed E-state index contributed by atoms with van der Waals surface area (Å²) in [4.78, 5) is 12.4. The second-order valence-corrected chi connectivity index (χ2v) is 7.04. The first-order chi connectivity index (χ1) is 9.70. The van der Waals surface area contributed by atoms with Crippen LogP contribution in [0, 0.1) is 0 Å². The standard InChI is InChI=1S/C16H19NOS2/c1-3-14(20-15-10-7-11-19-15)16(18)17-12(2)13-8-5-4-6-9-13/h4-12,14H,3H2,1-2H3,(H,17,18)/t12-,14-/m1/s1. The van der Waals surface area contributed by atoms with Crippen LogP contribution < -0.4 is 5.32 Å². The summed E-state index contributed by atoms with van der Waals surface area (Å²) in [6, 6.07) is 14.2. The lowest BCUT2D eigenvalue weighted by Crippen LogP contribution is -2.34. The normalized spacial score (nSPS) is 13.7. The van der Waals surface area contributed by atoms with E-state index in [4.69, 9.17) is 0 Å². The number of benzene rings is 1. The third-order valence-corrected chi connectivity index (χ3v) is 5.51. The molecule has 1 amide bonds. The number of carbonyl (C=O) groups is 1. The monoisotopic (exact) mass is 305 g/mol. The summed E-state index contributed by atoms with van der Waals surface area (Å²) in [5.41, 5.74) is 1.14. The van der Waals surface area contributed by atoms with Crippen molar-refractivity contribution in [3.8, 4) is 0 Å². The summed E-state index contributed by atoms with van der Waals surface area (Å²) in [7, 11) is 0. The van der Waals surface area contributed by atoms with Gasteiger partial charge in [0.05, 0.1) is 15.5 Å². The van der Waals surface area contributed by atoms with E-state index in [1.807, 2.05) is 48.7 Å². The predicted octanol–water partition coefficient (Wildman–Crippen LogP) is 4.50. The Morgan fingerprint density at radius 3 is 2.60 bits per heavy atom. The van der Waals surface area contributed by atoms with Crippen LogP contribution in [0.15, 0.2) is 52.1 Å². The smallest absolute Gasteiger partial charge is 0.233 e. The van der Waals surface area contributed by atoms with Crippen LogP contribution in [0.5, 0.6) is 0 Å². The average molecular weight is 305 g/mol. The Balaban J connectivity index is 1.95. The molecule has 0 spiro atoms. The Labute approximate surface area is 128 Å². The van der Waals surface area contributed by atoms with Gasteiger partial charge in [-0.1, -0.05) is 43.3 Å². The maximum atomic E-state index is 12.4. The van der Waals surface area contributed by atoms with Crippen LogP contribution in [-0.4, -0.2) is 11.2 Å². The van der Waals surface area contributed by atoms with Crippen LogP contribution >= 0.6 is 23.1 Å². The van der Waals surface area contributed by atoms with Crippen molar-refractivity contribution < 1.29 is 4.79 Å². The van der Waals surface area contributed by atoms with Gasteiger partial charge in [0.15, 0.2) is 0 Å². The lowest BCUT2D eigenvalue weighted by Gasteiger charge is -2.19. The molecular formula is C16H19NOS2. The number of thiophene rings is 1. The van der Waals surface area contributed by atoms with Gasteiger partial charge in [-0.15, -0.1) is 23.1 Å². The van der Waals surface area contributed by atoms with Crippen molar-refractivity contribution in [3.05, 3.63) is 53.4 Å². The van der Waals surface area contributed by atoms with Crippen LogP contribution in [0.25, 0.3) is 0 Å². The number of hydrogen-bond donors (Lipinski definition) is 1. The summed E-state index contributed by atoms with van der Waals surface area (Å²) in [5.74, 6) is 0.113. The Morgan fingerprint density at radius 2 is 2.00 bits per heavy atom. The van der Waals surface area contributed by atoms with Crippen molar-refractivity contribution in [1.82, 2.24) is 5.32 Å². The molecule has 0 aliphatic rings. The maximum Gasteiger partial charge on any atom is 0.233 e. The van der Waals surface area contributed by atoms with Crippen molar-refractivity contribution in [2.45, 2.75) is 35.8 Å². The van der Waals surface area contributed by atoms with E-state index in [0.717, 1.165) is 12.0 Å². The van der Waals surface area contributed by atoms with E-state index in [-0.39, 0.29) is 17.2 Å². The van der Waals surface area contributed by atoms with Crippen molar-refractivity contribution in [3.63, 3.8) is 0 Å². The summed E-state index contributed by atoms with van der Waals surface area (Å²) in [6.07, 6.45) is 0.829. The second kappa shape index (κ2) is 7.50. The molecular weight excluding hydrogens is 286 g/mol. The third kappa shape index (κ3) is 4.12. The molecule has 4 heteroatoms. The number of carbonyl (C=O) groups excluding carboxylic acids is 1. The SMILES string of the molecule is CC[C@@H](Sc1cccs1)C(=O)N[C@H](C)c1ccccc1. The summed E-state index contributed by atoms with van der Waals surface area (Å²) in [5, 5.41) is 5.12. The fourth-order valence-corrected chi connectivity index (χ4v) is 3.89. The van der Waals surface area contributed by atoms with Gasteiger partial charge in [-0.2, -0.15) is 0 Å². The van der Waals surface area contributed by atoms with Gasteiger partial charge < -0.3 is 5.32 Å². The molecule has 0 saturated carbocycles. The minimum atomic E-state index is -0.0280. The van der Waals surface area contributed by atoms with Crippen LogP contribution in [0.4, 0.5) is 0 Å². The van der Waals surface area contributed by atoms with Gasteiger partial charge in [-0.25, -0.2) is 0 Å². The molecule has 2 rings (SSSR count). The largest absolute Gasteiger partial charge is 0.349 e. The number of nitrogens with one attached hydrogen (secondary N) is 1. The topological polar surface area (TPSA) is 29.1 Å². The molecule has 1 heterocycles. The Morgan fingerprint density at radius 1 is 1.25 bits per heavy atom. The fourth-order valence-electron chi connectivity index (χ4n) is 1.92. The molecule has 1 N–H and O–H groups in total. The zero-order valence-electron chi connectivity index (χ0n) is 11.7. The Hall–Kier alpha value is -1.26. The highest BCUT2D eigenvalue weighted by Gasteiger charge is 2.20. The highest BCUT2D eigenvalue weighted by atomic mass is 32.2. The minimum Gasteiger partial charge on any atom is -0.349 e. The van der Waals surface area contributed by atoms with Gasteiger partial charge in [0.2, 0.25) is 5.91 Å². The van der Waals surface area contributed by atoms with E-state index in [9.17, 15) is 4.79 Å². The molecule has 0 aliphatic carbocycles. The van der Waals surface area contributed by atoms with E-state index >= 15 is 0 Å². The molecule has 20 heavy (non-hydrogen) atoms. The first-order valence-corrected chi connectivity index (χ1v) is 8.52. The molecule has 0 radical (unpaired) electrons. The minimum absolute atomic E-state index is 0.0280. The van der Waals surface area contributed by atoms with Crippen molar-refractivity contribution in [2.24, 2.45) is 0 Å². The average Bonchev–Trinajstić information content (AvgIpc) is 2.98. The molecule has 2 nitrogen and oxygen atoms in total. The molecule has 0 unspecified atom stereocenters. The van der Waals surface area contributed by atoms with E-state index < -0.39 is 0 Å². The van der Waals surface area contributed by atoms with E-state index in [2.05, 4.69) is 18.3 Å². The van der Waals surface area contributed by atoms with Gasteiger partial charge in [-0.05, 0) is 30.4 Å². The maximum absolute atomic E-state index is 12.4. The van der Waals surface area contributed by atoms with Gasteiger partial charge in [0, 0.05) is 0 Å². The van der Waals surface area contributed by atoms with Crippen LogP contribution in [0.2, 0.25) is 0 Å². The molecule has 0 bridgehead atoms. The van der Waals surface area contributed by atoms with Crippen molar-refractivity contribution >= 4 is 29.0 Å². The van der Waals surface area contributed by atoms with Crippen molar-refractivity contribution in [1.29, 1.82) is 0 Å². The Bertz CT molecular complexity index is 525. The number of rotatable bonds is 6. The molecule has 1 aromatic carbocycles. The Kier molecular flexibility index (Phi) is 5.68. The molecule has 0 fully saturated rings. The number of amides is 1. The van der Waals surface area contributed by atoms with Gasteiger partial charge in [-0.3, -0.25) is 4.79 Å². The third-order valence-electron chi connectivity index (χ3n) is 3.08. The highest BCUT2D eigenvalue weighted by Crippen LogP contribution is 2.29. The van der Waals surface area contributed by atoms with Crippen LogP contribution in [0.1, 0.15) is 31.9 Å². The number of hydrogen-bond acceptors (Lipinski definition) is 3. The fraction of sp³-hybridized carbons (Fsp3) is 0.312. The van der Waals surface area contributed by atoms with Gasteiger partial charge in [0.1, 0.15) is 0 Å². The summed E-state index contributed by atoms with van der Waals surface area (Å²) >= 11 is 3.33. The molecule has 1 aromatic heterocycles. The quantitative estimate of drug-likeness (QED) is 0.796. The first-order valence-electron chi connectivity index (χ1n) is 6.76. The lowest BCUT2D eigenvalue weighted by molar-refractivity contribution is -0.121. The zero-order valence-corrected chi connectivity index (χ0v) is 13.3. The van der Waals surface area contributed by atoms with Gasteiger partial charge >= 0.3 is 0 Å². The molecule has 2 atom stereocenters. The zero-order chi connectivity index (χ0) is 14.4. The molecule has 0 saturated heterocycles. The molecule has 2 aromatic rings. The summed E-state index contributed by atoms with van der Waals surface area (Å²) in [6.45, 7) is 4.08. The van der Waals surface area contributed by atoms with E-state index in [0.29, 0.717) is 0 Å². The summed E-state index contributed by atoms with van der Waals surface area (Å²) < 4.78 is 1.19. The molecule has 106 valence electrons. The van der Waals surface area contributed by atoms with Gasteiger partial charge in [0.25, 0.3) is 0 Å². The van der Waals surface area contributed by atoms with E-state index in [1.165, 1.54) is 4.21 Å². The van der Waals surface area contributed by atoms with Crippen molar-refractivity contribution in [2.75, 3.05) is 0 Å². The molecule has 0 aliphatic heterocycles.